The van der Waals surface area contributed by atoms with Gasteiger partial charge < -0.3 is 14.7 Å². The van der Waals surface area contributed by atoms with Crippen LogP contribution >= 0.6 is 11.6 Å². The molecule has 0 spiro atoms. The lowest BCUT2D eigenvalue weighted by Crippen LogP contribution is -2.51. The van der Waals surface area contributed by atoms with Crippen molar-refractivity contribution >= 4 is 23.5 Å². The number of hydrogen-bond acceptors (Lipinski definition) is 3. The van der Waals surface area contributed by atoms with E-state index >= 15 is 0 Å². The first kappa shape index (κ1) is 17.4. The zero-order valence-corrected chi connectivity index (χ0v) is 13.8. The molecule has 0 saturated carbocycles. The summed E-state index contributed by atoms with van der Waals surface area (Å²) in [6.07, 6.45) is -1.23. The number of benzene rings is 2. The van der Waals surface area contributed by atoms with E-state index in [0.29, 0.717) is 10.6 Å². The largest absolute Gasteiger partial charge is 0.479 e. The third kappa shape index (κ3) is 3.81. The number of ether oxygens (including phenoxy) is 1. The highest BCUT2D eigenvalue weighted by Gasteiger charge is 2.41. The van der Waals surface area contributed by atoms with Crippen LogP contribution in [0, 0.1) is 5.82 Å². The molecule has 7 heteroatoms. The number of carbonyl (C=O) groups excluding carboxylic acids is 1. The highest BCUT2D eigenvalue weighted by atomic mass is 35.5. The summed E-state index contributed by atoms with van der Waals surface area (Å²) in [5.41, 5.74) is 1.30. The minimum absolute atomic E-state index is 0.200. The number of halogens is 2. The molecule has 2 atom stereocenters. The Morgan fingerprint density at radius 2 is 1.84 bits per heavy atom. The molecule has 1 saturated heterocycles. The molecule has 3 rings (SSSR count). The molecule has 1 amide bonds. The molecule has 1 heterocycles. The first-order valence-corrected chi connectivity index (χ1v) is 7.97. The Balaban J connectivity index is 1.97. The van der Waals surface area contributed by atoms with Gasteiger partial charge in [-0.25, -0.2) is 9.18 Å². The zero-order chi connectivity index (χ0) is 18.0. The van der Waals surface area contributed by atoms with Crippen molar-refractivity contribution in [3.8, 4) is 0 Å². The number of nitrogens with zero attached hydrogens (tertiary/aromatic N) is 1. The molecule has 0 bridgehead atoms. The van der Waals surface area contributed by atoms with Crippen LogP contribution in [0.5, 0.6) is 0 Å². The molecule has 1 N–H and O–H groups in total. The van der Waals surface area contributed by atoms with Gasteiger partial charge in [0.1, 0.15) is 12.4 Å². The summed E-state index contributed by atoms with van der Waals surface area (Å²) < 4.78 is 18.5. The fourth-order valence-electron chi connectivity index (χ4n) is 2.85. The first-order chi connectivity index (χ1) is 12.0. The molecule has 25 heavy (non-hydrogen) atoms. The normalized spacial score (nSPS) is 20.6. The van der Waals surface area contributed by atoms with Crippen molar-refractivity contribution in [2.75, 3.05) is 6.61 Å². The quantitative estimate of drug-likeness (QED) is 0.906. The monoisotopic (exact) mass is 363 g/mol. The maximum absolute atomic E-state index is 13.2. The first-order valence-electron chi connectivity index (χ1n) is 7.59. The van der Waals surface area contributed by atoms with E-state index < -0.39 is 23.9 Å². The summed E-state index contributed by atoms with van der Waals surface area (Å²) >= 11 is 5.87. The van der Waals surface area contributed by atoms with Gasteiger partial charge >= 0.3 is 5.97 Å². The molecule has 0 radical (unpaired) electrons. The van der Waals surface area contributed by atoms with Crippen molar-refractivity contribution < 1.29 is 23.8 Å². The summed E-state index contributed by atoms with van der Waals surface area (Å²) in [7, 11) is 0. The minimum atomic E-state index is -1.23. The summed E-state index contributed by atoms with van der Waals surface area (Å²) in [4.78, 5) is 25.4. The lowest BCUT2D eigenvalue weighted by atomic mass is 9.97. The number of carboxylic acids is 1. The predicted molar refractivity (Wildman–Crippen MR) is 88.5 cm³/mol. The number of hydrogen-bond donors (Lipinski definition) is 1. The van der Waals surface area contributed by atoms with E-state index in [1.807, 2.05) is 0 Å². The van der Waals surface area contributed by atoms with Crippen molar-refractivity contribution in [3.05, 3.63) is 70.5 Å². The predicted octanol–water partition coefficient (Wildman–Crippen LogP) is 3.03. The number of carbonyl (C=O) groups is 2. The molecule has 1 aliphatic rings. The van der Waals surface area contributed by atoms with E-state index in [9.17, 15) is 19.1 Å². The van der Waals surface area contributed by atoms with E-state index in [1.54, 1.807) is 24.3 Å². The summed E-state index contributed by atoms with van der Waals surface area (Å²) in [5, 5.41) is 10.0. The van der Waals surface area contributed by atoms with Crippen molar-refractivity contribution in [1.82, 2.24) is 4.90 Å². The van der Waals surface area contributed by atoms with E-state index in [-0.39, 0.29) is 19.1 Å². The van der Waals surface area contributed by atoms with Gasteiger partial charge in [0.15, 0.2) is 6.10 Å². The van der Waals surface area contributed by atoms with Gasteiger partial charge in [0.2, 0.25) is 5.91 Å². The summed E-state index contributed by atoms with van der Waals surface area (Å²) in [5.74, 6) is -1.95. The van der Waals surface area contributed by atoms with Gasteiger partial charge in [0, 0.05) is 11.6 Å². The van der Waals surface area contributed by atoms with Crippen molar-refractivity contribution in [1.29, 1.82) is 0 Å². The smallest absolute Gasteiger partial charge is 0.335 e. The molecule has 1 fully saturated rings. The lowest BCUT2D eigenvalue weighted by Gasteiger charge is -2.39. The Morgan fingerprint density at radius 3 is 2.44 bits per heavy atom. The number of amides is 1. The molecular formula is C18H15ClFNO4. The van der Waals surface area contributed by atoms with E-state index in [4.69, 9.17) is 16.3 Å². The molecular weight excluding hydrogens is 349 g/mol. The highest BCUT2D eigenvalue weighted by Crippen LogP contribution is 2.32. The Hall–Kier alpha value is -2.44. The third-order valence-corrected chi connectivity index (χ3v) is 4.30. The number of aliphatic carboxylic acids is 1. The van der Waals surface area contributed by atoms with Crippen molar-refractivity contribution in [2.45, 2.75) is 18.7 Å². The topological polar surface area (TPSA) is 66.8 Å². The van der Waals surface area contributed by atoms with E-state index in [0.717, 1.165) is 5.56 Å². The Bertz CT molecular complexity index is 779. The van der Waals surface area contributed by atoms with Gasteiger partial charge in [0.25, 0.3) is 0 Å². The molecule has 2 aromatic rings. The summed E-state index contributed by atoms with van der Waals surface area (Å²) in [6.45, 7) is -0.118. The standard InChI is InChI=1S/C18H15ClFNO4/c19-13-5-1-11(2-6-13)9-21-15(22)10-25-17(18(23)24)16(21)12-3-7-14(20)8-4-12/h1-8,16-17H,9-10H2,(H,23,24). The van der Waals surface area contributed by atoms with Crippen LogP contribution in [0.3, 0.4) is 0 Å². The Kier molecular flexibility index (Phi) is 5.01. The molecule has 2 aromatic carbocycles. The van der Waals surface area contributed by atoms with Crippen LogP contribution in [-0.2, 0) is 20.9 Å². The maximum Gasteiger partial charge on any atom is 0.335 e. The third-order valence-electron chi connectivity index (χ3n) is 4.05. The Labute approximate surface area is 148 Å². The number of morpholine rings is 1. The van der Waals surface area contributed by atoms with Gasteiger partial charge in [-0.15, -0.1) is 0 Å². The average molecular weight is 364 g/mol. The highest BCUT2D eigenvalue weighted by molar-refractivity contribution is 6.30. The molecule has 5 nitrogen and oxygen atoms in total. The Morgan fingerprint density at radius 1 is 1.20 bits per heavy atom. The van der Waals surface area contributed by atoms with Crippen LogP contribution in [0.1, 0.15) is 17.2 Å². The second-order valence-corrected chi connectivity index (χ2v) is 6.15. The second kappa shape index (κ2) is 7.21. The minimum Gasteiger partial charge on any atom is -0.479 e. The number of rotatable bonds is 4. The van der Waals surface area contributed by atoms with Gasteiger partial charge in [-0.3, -0.25) is 4.79 Å². The van der Waals surface area contributed by atoms with Crippen molar-refractivity contribution in [3.63, 3.8) is 0 Å². The lowest BCUT2D eigenvalue weighted by molar-refractivity contribution is -0.174. The molecule has 130 valence electrons. The van der Waals surface area contributed by atoms with Crippen LogP contribution in [0.4, 0.5) is 4.39 Å². The van der Waals surface area contributed by atoms with Gasteiger partial charge in [-0.2, -0.15) is 0 Å². The van der Waals surface area contributed by atoms with E-state index in [1.165, 1.54) is 29.2 Å². The van der Waals surface area contributed by atoms with Gasteiger partial charge in [-0.05, 0) is 35.4 Å². The number of carboxylic acid groups (broad SMARTS) is 1. The van der Waals surface area contributed by atoms with Crippen LogP contribution in [0.25, 0.3) is 0 Å². The van der Waals surface area contributed by atoms with Crippen molar-refractivity contribution in [2.24, 2.45) is 0 Å². The average Bonchev–Trinajstić information content (AvgIpc) is 2.59. The van der Waals surface area contributed by atoms with Crippen LogP contribution < -0.4 is 0 Å². The van der Waals surface area contributed by atoms with Crippen LogP contribution in [-0.4, -0.2) is 34.6 Å². The maximum atomic E-state index is 13.2. The van der Waals surface area contributed by atoms with Gasteiger partial charge in [0.05, 0.1) is 6.04 Å². The second-order valence-electron chi connectivity index (χ2n) is 5.71. The molecule has 2 unspecified atom stereocenters. The fourth-order valence-corrected chi connectivity index (χ4v) is 2.97. The van der Waals surface area contributed by atoms with Crippen LogP contribution in [0.2, 0.25) is 5.02 Å². The molecule has 1 aliphatic heterocycles. The molecule has 0 aromatic heterocycles. The van der Waals surface area contributed by atoms with Crippen LogP contribution in [0.15, 0.2) is 48.5 Å². The summed E-state index contributed by atoms with van der Waals surface area (Å²) in [6, 6.07) is 11.5. The SMILES string of the molecule is O=C(O)C1OCC(=O)N(Cc2ccc(Cl)cc2)C1c1ccc(F)cc1. The van der Waals surface area contributed by atoms with Gasteiger partial charge in [-0.1, -0.05) is 35.9 Å². The molecule has 0 aliphatic carbocycles. The zero-order valence-electron chi connectivity index (χ0n) is 13.1. The van der Waals surface area contributed by atoms with E-state index in [2.05, 4.69) is 0 Å². The fraction of sp³-hybridized carbons (Fsp3) is 0.222.